The van der Waals surface area contributed by atoms with Gasteiger partial charge in [-0.25, -0.2) is 0 Å². The van der Waals surface area contributed by atoms with Gasteiger partial charge in [-0.15, -0.1) is 0 Å². The van der Waals surface area contributed by atoms with E-state index < -0.39 is 0 Å². The zero-order valence-corrected chi connectivity index (χ0v) is 19.6. The van der Waals surface area contributed by atoms with E-state index in [9.17, 15) is 4.79 Å². The van der Waals surface area contributed by atoms with Gasteiger partial charge in [-0.3, -0.25) is 4.79 Å². The van der Waals surface area contributed by atoms with Gasteiger partial charge in [0.15, 0.2) is 0 Å². The molecule has 172 valence electrons. The summed E-state index contributed by atoms with van der Waals surface area (Å²) in [4.78, 5) is 14.6. The number of anilines is 2. The van der Waals surface area contributed by atoms with Crippen LogP contribution in [0.2, 0.25) is 0 Å². The molecule has 4 N–H and O–H groups in total. The van der Waals surface area contributed by atoms with Crippen LogP contribution in [0.25, 0.3) is 17.7 Å². The Labute approximate surface area is 199 Å². The molecule has 6 nitrogen and oxygen atoms in total. The minimum Gasteiger partial charge on any atom is -0.497 e. The van der Waals surface area contributed by atoms with Crippen LogP contribution in [0.5, 0.6) is 5.75 Å². The van der Waals surface area contributed by atoms with Gasteiger partial charge in [-0.05, 0) is 67.2 Å². The van der Waals surface area contributed by atoms with Gasteiger partial charge in [-0.1, -0.05) is 42.5 Å². The molecule has 0 aliphatic carbocycles. The number of benzene rings is 3. The fraction of sp³-hybridized carbons (Fsp3) is 0.143. The molecule has 1 aliphatic rings. The predicted molar refractivity (Wildman–Crippen MR) is 140 cm³/mol. The normalized spacial score (nSPS) is 14.0. The highest BCUT2D eigenvalue weighted by Gasteiger charge is 2.24. The van der Waals surface area contributed by atoms with E-state index in [0.717, 1.165) is 28.9 Å². The van der Waals surface area contributed by atoms with E-state index in [1.165, 1.54) is 5.56 Å². The minimum absolute atomic E-state index is 0.168. The lowest BCUT2D eigenvalue weighted by atomic mass is 10.00. The van der Waals surface area contributed by atoms with Crippen molar-refractivity contribution < 1.29 is 9.53 Å². The van der Waals surface area contributed by atoms with Crippen molar-refractivity contribution in [2.75, 3.05) is 32.3 Å². The number of hydrogen-bond acceptors (Lipinski definition) is 5. The number of amides is 1. The Kier molecular flexibility index (Phi) is 6.61. The number of nitrogens with two attached hydrogens (primary N) is 1. The molecule has 0 unspecified atom stereocenters. The molecule has 0 radical (unpaired) electrons. The molecule has 0 saturated heterocycles. The van der Waals surface area contributed by atoms with Crippen molar-refractivity contribution in [2.45, 2.75) is 6.54 Å². The van der Waals surface area contributed by atoms with Gasteiger partial charge in [0.1, 0.15) is 5.75 Å². The molecule has 1 heterocycles. The zero-order chi connectivity index (χ0) is 24.2. The Morgan fingerprint density at radius 1 is 1.06 bits per heavy atom. The first-order chi connectivity index (χ1) is 16.3. The molecule has 4 rings (SSSR count). The van der Waals surface area contributed by atoms with E-state index in [1.807, 2.05) is 62.6 Å². The summed E-state index contributed by atoms with van der Waals surface area (Å²) in [6.07, 6.45) is 5.46. The lowest BCUT2D eigenvalue weighted by Crippen LogP contribution is -2.10. The van der Waals surface area contributed by atoms with E-state index in [4.69, 9.17) is 15.9 Å². The summed E-state index contributed by atoms with van der Waals surface area (Å²) in [5.41, 5.74) is 12.9. The zero-order valence-electron chi connectivity index (χ0n) is 19.6. The highest BCUT2D eigenvalue weighted by atomic mass is 16.5. The van der Waals surface area contributed by atoms with E-state index in [2.05, 4.69) is 22.3 Å². The van der Waals surface area contributed by atoms with Crippen molar-refractivity contribution >= 4 is 40.7 Å². The molecule has 0 saturated carbocycles. The molecule has 0 spiro atoms. The van der Waals surface area contributed by atoms with Gasteiger partial charge < -0.3 is 26.1 Å². The molecule has 0 aromatic heterocycles. The molecule has 0 atom stereocenters. The van der Waals surface area contributed by atoms with Crippen LogP contribution < -0.4 is 15.8 Å². The minimum atomic E-state index is -0.168. The van der Waals surface area contributed by atoms with Crippen LogP contribution in [-0.4, -0.2) is 37.7 Å². The maximum atomic E-state index is 12.5. The highest BCUT2D eigenvalue weighted by Crippen LogP contribution is 2.36. The van der Waals surface area contributed by atoms with Crippen molar-refractivity contribution in [1.82, 2.24) is 4.90 Å². The largest absolute Gasteiger partial charge is 0.497 e. The summed E-state index contributed by atoms with van der Waals surface area (Å²) >= 11 is 0. The van der Waals surface area contributed by atoms with Crippen LogP contribution >= 0.6 is 0 Å². The first-order valence-corrected chi connectivity index (χ1v) is 11.0. The molecule has 0 fully saturated rings. The Morgan fingerprint density at radius 3 is 2.47 bits per heavy atom. The molecule has 1 aliphatic heterocycles. The van der Waals surface area contributed by atoms with E-state index in [0.29, 0.717) is 28.3 Å². The summed E-state index contributed by atoms with van der Waals surface area (Å²) in [6, 6.07) is 19.2. The van der Waals surface area contributed by atoms with Gasteiger partial charge >= 0.3 is 0 Å². The molecular weight excluding hydrogens is 424 g/mol. The summed E-state index contributed by atoms with van der Waals surface area (Å²) in [6.45, 7) is 0.889. The monoisotopic (exact) mass is 452 g/mol. The van der Waals surface area contributed by atoms with E-state index in [1.54, 1.807) is 25.3 Å². The number of carbonyl (C=O) groups excluding carboxylic acids is 1. The average Bonchev–Trinajstić information content (AvgIpc) is 3.12. The van der Waals surface area contributed by atoms with Crippen LogP contribution in [-0.2, 0) is 11.3 Å². The lowest BCUT2D eigenvalue weighted by Gasteiger charge is -2.09. The molecule has 1 amide bonds. The average molecular weight is 453 g/mol. The SMILES string of the molecule is COc1ccc2c(c1)/C(=C\c1ccc(C(=N)/C=C/c3ccc(CN(C)C)cc3)c(N)c1)C(=O)N2. The van der Waals surface area contributed by atoms with Crippen molar-refractivity contribution in [2.24, 2.45) is 0 Å². The number of methoxy groups -OCH3 is 1. The van der Waals surface area contributed by atoms with Crippen LogP contribution in [0.15, 0.2) is 66.7 Å². The first kappa shape index (κ1) is 23.0. The number of nitrogens with one attached hydrogen (secondary N) is 2. The first-order valence-electron chi connectivity index (χ1n) is 11.0. The standard InChI is InChI=1S/C28H28N4O2/c1-32(2)17-19-6-4-18(5-7-19)9-12-25(29)22-11-8-20(15-26(22)30)14-24-23-16-21(34-3)10-13-27(23)31-28(24)33/h4-16,29H,17,30H2,1-3H3,(H,31,33)/b12-9+,24-14+,29-25?. The summed E-state index contributed by atoms with van der Waals surface area (Å²) in [7, 11) is 5.68. The lowest BCUT2D eigenvalue weighted by molar-refractivity contribution is -0.110. The molecule has 0 bridgehead atoms. The van der Waals surface area contributed by atoms with Crippen molar-refractivity contribution in [3.05, 3.63) is 94.6 Å². The maximum Gasteiger partial charge on any atom is 0.256 e. The molecule has 3 aromatic rings. The second-order valence-electron chi connectivity index (χ2n) is 8.50. The summed E-state index contributed by atoms with van der Waals surface area (Å²) in [5.74, 6) is 0.516. The number of ether oxygens (including phenoxy) is 1. The van der Waals surface area contributed by atoms with E-state index in [-0.39, 0.29) is 5.91 Å². The van der Waals surface area contributed by atoms with Gasteiger partial charge in [0.25, 0.3) is 5.91 Å². The van der Waals surface area contributed by atoms with Crippen LogP contribution in [0.3, 0.4) is 0 Å². The Bertz CT molecular complexity index is 1300. The third-order valence-electron chi connectivity index (χ3n) is 5.61. The fourth-order valence-corrected chi connectivity index (χ4v) is 3.89. The molecular formula is C28H28N4O2. The summed E-state index contributed by atoms with van der Waals surface area (Å²) < 4.78 is 5.29. The maximum absolute atomic E-state index is 12.5. The van der Waals surface area contributed by atoms with Crippen LogP contribution in [0.4, 0.5) is 11.4 Å². The second kappa shape index (κ2) is 9.77. The van der Waals surface area contributed by atoms with Crippen molar-refractivity contribution in [1.29, 1.82) is 5.41 Å². The Hall–Kier alpha value is -4.16. The number of allylic oxidation sites excluding steroid dienone is 1. The number of nitrogens with zero attached hydrogens (tertiary/aromatic N) is 1. The van der Waals surface area contributed by atoms with Gasteiger partial charge in [0, 0.05) is 34.6 Å². The topological polar surface area (TPSA) is 91.4 Å². The second-order valence-corrected chi connectivity index (χ2v) is 8.50. The molecule has 3 aromatic carbocycles. The fourth-order valence-electron chi connectivity index (χ4n) is 3.89. The third-order valence-corrected chi connectivity index (χ3v) is 5.61. The van der Waals surface area contributed by atoms with E-state index >= 15 is 0 Å². The number of hydrogen-bond donors (Lipinski definition) is 3. The number of fused-ring (bicyclic) bond motifs is 1. The van der Waals surface area contributed by atoms with Gasteiger partial charge in [0.2, 0.25) is 0 Å². The molecule has 34 heavy (non-hydrogen) atoms. The Balaban J connectivity index is 1.52. The number of carbonyl (C=O) groups is 1. The van der Waals surface area contributed by atoms with Crippen molar-refractivity contribution in [3.8, 4) is 5.75 Å². The predicted octanol–water partition coefficient (Wildman–Crippen LogP) is 4.91. The van der Waals surface area contributed by atoms with Crippen LogP contribution in [0, 0.1) is 5.41 Å². The third kappa shape index (κ3) is 5.08. The number of nitrogen functional groups attached to an aromatic ring is 1. The van der Waals surface area contributed by atoms with Crippen molar-refractivity contribution in [3.63, 3.8) is 0 Å². The van der Waals surface area contributed by atoms with Gasteiger partial charge in [0.05, 0.1) is 12.8 Å². The van der Waals surface area contributed by atoms with Gasteiger partial charge in [-0.2, -0.15) is 0 Å². The quantitative estimate of drug-likeness (QED) is 0.270. The smallest absolute Gasteiger partial charge is 0.256 e. The highest BCUT2D eigenvalue weighted by molar-refractivity contribution is 6.35. The Morgan fingerprint density at radius 2 is 1.79 bits per heavy atom. The summed E-state index contributed by atoms with van der Waals surface area (Å²) in [5, 5.41) is 11.3. The molecule has 6 heteroatoms. The number of rotatable bonds is 7. The van der Waals surface area contributed by atoms with Crippen LogP contribution in [0.1, 0.15) is 27.8 Å².